The van der Waals surface area contributed by atoms with E-state index in [1.165, 1.54) is 6.33 Å². The zero-order valence-electron chi connectivity index (χ0n) is 9.57. The maximum absolute atomic E-state index is 5.36. The van der Waals surface area contributed by atoms with Crippen molar-refractivity contribution in [2.24, 2.45) is 0 Å². The first kappa shape index (κ1) is 11.9. The summed E-state index contributed by atoms with van der Waals surface area (Å²) in [7, 11) is 3.41. The Labute approximate surface area is 108 Å². The topological polar surface area (TPSA) is 47.0 Å². The Morgan fingerprint density at radius 3 is 2.76 bits per heavy atom. The van der Waals surface area contributed by atoms with Crippen molar-refractivity contribution in [1.82, 2.24) is 9.97 Å². The highest BCUT2D eigenvalue weighted by Gasteiger charge is 2.12. The predicted molar refractivity (Wildman–Crippen MR) is 71.3 cm³/mol. The summed E-state index contributed by atoms with van der Waals surface area (Å²) in [6.07, 6.45) is 1.52. The standard InChI is InChI=1S/C12H12BrN3O/c1-14-12-11(17-2)10(15-7-16-12)8-4-3-5-9(13)6-8/h3-7H,1-2H3,(H,14,15,16). The van der Waals surface area contributed by atoms with Gasteiger partial charge in [-0.3, -0.25) is 0 Å². The summed E-state index contributed by atoms with van der Waals surface area (Å²) in [5, 5.41) is 2.98. The van der Waals surface area contributed by atoms with Crippen LogP contribution in [-0.4, -0.2) is 24.1 Å². The lowest BCUT2D eigenvalue weighted by Crippen LogP contribution is -2.00. The molecule has 1 aromatic carbocycles. The summed E-state index contributed by atoms with van der Waals surface area (Å²) in [4.78, 5) is 8.39. The van der Waals surface area contributed by atoms with Gasteiger partial charge < -0.3 is 10.1 Å². The highest BCUT2D eigenvalue weighted by molar-refractivity contribution is 9.10. The molecule has 0 aliphatic rings. The number of halogens is 1. The Morgan fingerprint density at radius 2 is 2.12 bits per heavy atom. The molecule has 0 radical (unpaired) electrons. The average Bonchev–Trinajstić information content (AvgIpc) is 2.37. The second-order valence-electron chi connectivity index (χ2n) is 3.36. The van der Waals surface area contributed by atoms with Crippen LogP contribution < -0.4 is 10.1 Å². The minimum absolute atomic E-state index is 0.646. The van der Waals surface area contributed by atoms with E-state index < -0.39 is 0 Å². The number of hydrogen-bond acceptors (Lipinski definition) is 4. The molecular weight excluding hydrogens is 282 g/mol. The summed E-state index contributed by atoms with van der Waals surface area (Å²) in [5.41, 5.74) is 1.75. The quantitative estimate of drug-likeness (QED) is 0.945. The molecule has 0 bridgehead atoms. The van der Waals surface area contributed by atoms with Gasteiger partial charge in [-0.05, 0) is 12.1 Å². The molecule has 0 aliphatic heterocycles. The smallest absolute Gasteiger partial charge is 0.187 e. The van der Waals surface area contributed by atoms with Crippen molar-refractivity contribution in [3.05, 3.63) is 35.1 Å². The van der Waals surface area contributed by atoms with Gasteiger partial charge in [0.1, 0.15) is 12.0 Å². The van der Waals surface area contributed by atoms with Gasteiger partial charge >= 0.3 is 0 Å². The van der Waals surface area contributed by atoms with Crippen LogP contribution in [0.15, 0.2) is 35.1 Å². The number of benzene rings is 1. The summed E-state index contributed by atoms with van der Waals surface area (Å²) in [6.45, 7) is 0. The molecule has 1 aromatic heterocycles. The van der Waals surface area contributed by atoms with Crippen LogP contribution in [0.3, 0.4) is 0 Å². The third-order valence-electron chi connectivity index (χ3n) is 2.34. The normalized spacial score (nSPS) is 10.1. The van der Waals surface area contributed by atoms with Crippen LogP contribution in [0.2, 0.25) is 0 Å². The monoisotopic (exact) mass is 293 g/mol. The number of hydrogen-bond donors (Lipinski definition) is 1. The van der Waals surface area contributed by atoms with Crippen LogP contribution in [0.1, 0.15) is 0 Å². The van der Waals surface area contributed by atoms with Crippen molar-refractivity contribution in [2.75, 3.05) is 19.5 Å². The van der Waals surface area contributed by atoms with E-state index in [-0.39, 0.29) is 0 Å². The molecule has 0 fully saturated rings. The van der Waals surface area contributed by atoms with Gasteiger partial charge in [0.2, 0.25) is 0 Å². The van der Waals surface area contributed by atoms with Crippen molar-refractivity contribution in [1.29, 1.82) is 0 Å². The lowest BCUT2D eigenvalue weighted by atomic mass is 10.1. The number of anilines is 1. The molecule has 0 amide bonds. The minimum Gasteiger partial charge on any atom is -0.491 e. The first-order chi connectivity index (χ1) is 8.26. The van der Waals surface area contributed by atoms with Crippen LogP contribution in [0, 0.1) is 0 Å². The molecule has 2 aromatic rings. The van der Waals surface area contributed by atoms with Crippen LogP contribution in [0.5, 0.6) is 5.75 Å². The zero-order chi connectivity index (χ0) is 12.3. The van der Waals surface area contributed by atoms with Crippen LogP contribution in [-0.2, 0) is 0 Å². The third-order valence-corrected chi connectivity index (χ3v) is 2.84. The van der Waals surface area contributed by atoms with Gasteiger partial charge in [-0.1, -0.05) is 28.1 Å². The van der Waals surface area contributed by atoms with Crippen LogP contribution in [0.4, 0.5) is 5.82 Å². The van der Waals surface area contributed by atoms with Gasteiger partial charge in [-0.15, -0.1) is 0 Å². The summed E-state index contributed by atoms with van der Waals surface area (Å²) in [5.74, 6) is 1.32. The Hall–Kier alpha value is -1.62. The fraction of sp³-hybridized carbons (Fsp3) is 0.167. The van der Waals surface area contributed by atoms with Gasteiger partial charge in [-0.2, -0.15) is 0 Å². The minimum atomic E-state index is 0.646. The Balaban J connectivity index is 2.59. The second-order valence-corrected chi connectivity index (χ2v) is 4.28. The highest BCUT2D eigenvalue weighted by atomic mass is 79.9. The molecule has 2 rings (SSSR count). The molecule has 4 nitrogen and oxygen atoms in total. The van der Waals surface area contributed by atoms with Crippen LogP contribution in [0.25, 0.3) is 11.3 Å². The number of nitrogens with zero attached hydrogens (tertiary/aromatic N) is 2. The number of rotatable bonds is 3. The molecule has 0 atom stereocenters. The van der Waals surface area contributed by atoms with Gasteiger partial charge in [-0.25, -0.2) is 9.97 Å². The van der Waals surface area contributed by atoms with E-state index in [9.17, 15) is 0 Å². The highest BCUT2D eigenvalue weighted by Crippen LogP contribution is 2.33. The van der Waals surface area contributed by atoms with E-state index in [2.05, 4.69) is 31.2 Å². The lowest BCUT2D eigenvalue weighted by Gasteiger charge is -2.11. The predicted octanol–water partition coefficient (Wildman–Crippen LogP) is 2.96. The first-order valence-corrected chi connectivity index (χ1v) is 5.88. The zero-order valence-corrected chi connectivity index (χ0v) is 11.2. The van der Waals surface area contributed by atoms with E-state index in [0.717, 1.165) is 15.7 Å². The van der Waals surface area contributed by atoms with Crippen molar-refractivity contribution in [2.45, 2.75) is 0 Å². The van der Waals surface area contributed by atoms with Gasteiger partial charge in [0, 0.05) is 17.1 Å². The molecule has 1 N–H and O–H groups in total. The first-order valence-electron chi connectivity index (χ1n) is 5.09. The van der Waals surface area contributed by atoms with E-state index in [1.807, 2.05) is 24.3 Å². The molecule has 0 unspecified atom stereocenters. The largest absolute Gasteiger partial charge is 0.491 e. The molecule has 1 heterocycles. The third kappa shape index (κ3) is 2.39. The van der Waals surface area contributed by atoms with Gasteiger partial charge in [0.15, 0.2) is 11.6 Å². The van der Waals surface area contributed by atoms with Crippen LogP contribution >= 0.6 is 15.9 Å². The Kier molecular flexibility index (Phi) is 3.58. The molecule has 0 spiro atoms. The number of aromatic nitrogens is 2. The Morgan fingerprint density at radius 1 is 1.29 bits per heavy atom. The van der Waals surface area contributed by atoms with E-state index >= 15 is 0 Å². The second kappa shape index (κ2) is 5.14. The van der Waals surface area contributed by atoms with E-state index in [1.54, 1.807) is 14.2 Å². The van der Waals surface area contributed by atoms with Crippen molar-refractivity contribution in [3.63, 3.8) is 0 Å². The molecular formula is C12H12BrN3O. The maximum Gasteiger partial charge on any atom is 0.187 e. The molecule has 5 heteroatoms. The molecule has 0 saturated carbocycles. The Bertz CT molecular complexity index is 531. The molecule has 0 saturated heterocycles. The number of nitrogens with one attached hydrogen (secondary N) is 1. The maximum atomic E-state index is 5.36. The van der Waals surface area contributed by atoms with E-state index in [0.29, 0.717) is 11.6 Å². The van der Waals surface area contributed by atoms with Crippen molar-refractivity contribution < 1.29 is 4.74 Å². The van der Waals surface area contributed by atoms with Crippen molar-refractivity contribution in [3.8, 4) is 17.0 Å². The average molecular weight is 294 g/mol. The summed E-state index contributed by atoms with van der Waals surface area (Å²) < 4.78 is 6.36. The molecule has 88 valence electrons. The fourth-order valence-corrected chi connectivity index (χ4v) is 1.99. The number of methoxy groups -OCH3 is 1. The summed E-state index contributed by atoms with van der Waals surface area (Å²) in [6, 6.07) is 7.90. The summed E-state index contributed by atoms with van der Waals surface area (Å²) >= 11 is 3.44. The van der Waals surface area contributed by atoms with Gasteiger partial charge in [0.25, 0.3) is 0 Å². The number of ether oxygens (including phenoxy) is 1. The van der Waals surface area contributed by atoms with Gasteiger partial charge in [0.05, 0.1) is 7.11 Å². The van der Waals surface area contributed by atoms with E-state index in [4.69, 9.17) is 4.74 Å². The lowest BCUT2D eigenvalue weighted by molar-refractivity contribution is 0.415. The molecule has 17 heavy (non-hydrogen) atoms. The van der Waals surface area contributed by atoms with Crippen molar-refractivity contribution >= 4 is 21.7 Å². The SMILES string of the molecule is CNc1ncnc(-c2cccc(Br)c2)c1OC. The fourth-order valence-electron chi connectivity index (χ4n) is 1.59. The molecule has 0 aliphatic carbocycles.